The highest BCUT2D eigenvalue weighted by atomic mass is 35.5. The Morgan fingerprint density at radius 2 is 1.74 bits per heavy atom. The summed E-state index contributed by atoms with van der Waals surface area (Å²) in [5.41, 5.74) is 3.34. The molecule has 1 heterocycles. The molecule has 158 valence electrons. The predicted molar refractivity (Wildman–Crippen MR) is 121 cm³/mol. The van der Waals surface area contributed by atoms with Crippen LogP contribution < -0.4 is 19.7 Å². The van der Waals surface area contributed by atoms with E-state index in [0.717, 1.165) is 17.7 Å². The molecule has 31 heavy (non-hydrogen) atoms. The van der Waals surface area contributed by atoms with Crippen LogP contribution in [0.5, 0.6) is 11.5 Å². The first kappa shape index (κ1) is 20.8. The first-order valence-corrected chi connectivity index (χ1v) is 10.1. The number of hydrogen-bond acceptors (Lipinski definition) is 4. The number of ether oxygens (including phenoxy) is 2. The van der Waals surface area contributed by atoms with Crippen molar-refractivity contribution in [2.45, 2.75) is 6.42 Å². The van der Waals surface area contributed by atoms with Gasteiger partial charge < -0.3 is 19.7 Å². The molecule has 0 unspecified atom stereocenters. The van der Waals surface area contributed by atoms with Gasteiger partial charge in [0.15, 0.2) is 0 Å². The van der Waals surface area contributed by atoms with Gasteiger partial charge in [0.2, 0.25) is 0 Å². The average Bonchev–Trinajstić information content (AvgIpc) is 3.21. The van der Waals surface area contributed by atoms with E-state index in [1.54, 1.807) is 54.5 Å². The number of anilines is 2. The minimum atomic E-state index is -0.342. The van der Waals surface area contributed by atoms with E-state index in [1.165, 1.54) is 7.11 Å². The molecule has 2 amide bonds. The van der Waals surface area contributed by atoms with E-state index in [0.29, 0.717) is 39.9 Å². The summed E-state index contributed by atoms with van der Waals surface area (Å²) in [6, 6.07) is 17.5. The molecule has 3 aromatic rings. The first-order chi connectivity index (χ1) is 15.0. The van der Waals surface area contributed by atoms with E-state index < -0.39 is 0 Å². The summed E-state index contributed by atoms with van der Waals surface area (Å²) in [4.78, 5) is 27.6. The van der Waals surface area contributed by atoms with E-state index in [2.05, 4.69) is 5.32 Å². The van der Waals surface area contributed by atoms with Crippen LogP contribution in [0.3, 0.4) is 0 Å². The van der Waals surface area contributed by atoms with Crippen molar-refractivity contribution in [2.75, 3.05) is 31.0 Å². The fraction of sp³-hybridized carbons (Fsp3) is 0.167. The SMILES string of the molecule is COc1ccc(C(=O)N2CCc3ccc(NC(=O)c4cc(Cl)ccc4OC)cc32)cc1. The Hall–Kier alpha value is -3.51. The van der Waals surface area contributed by atoms with E-state index in [-0.39, 0.29) is 11.8 Å². The fourth-order valence-corrected chi connectivity index (χ4v) is 3.79. The molecule has 0 aliphatic carbocycles. The predicted octanol–water partition coefficient (Wildman–Crippen LogP) is 4.81. The zero-order chi connectivity index (χ0) is 22.0. The maximum absolute atomic E-state index is 13.1. The number of carbonyl (C=O) groups excluding carboxylic acids is 2. The van der Waals surface area contributed by atoms with Crippen LogP contribution in [0.4, 0.5) is 11.4 Å². The minimum Gasteiger partial charge on any atom is -0.497 e. The summed E-state index contributed by atoms with van der Waals surface area (Å²) in [5.74, 6) is 0.686. The number of carbonyl (C=O) groups is 2. The summed E-state index contributed by atoms with van der Waals surface area (Å²) in [6.45, 7) is 0.583. The first-order valence-electron chi connectivity index (χ1n) is 9.74. The zero-order valence-electron chi connectivity index (χ0n) is 17.1. The molecule has 0 radical (unpaired) electrons. The molecular weight excluding hydrogens is 416 g/mol. The number of rotatable bonds is 5. The Morgan fingerprint density at radius 3 is 2.45 bits per heavy atom. The van der Waals surface area contributed by atoms with Crippen molar-refractivity contribution < 1.29 is 19.1 Å². The summed E-state index contributed by atoms with van der Waals surface area (Å²) >= 11 is 6.04. The maximum atomic E-state index is 13.1. The van der Waals surface area contributed by atoms with Gasteiger partial charge in [-0.15, -0.1) is 0 Å². The Kier molecular flexibility index (Phi) is 5.82. The highest BCUT2D eigenvalue weighted by Gasteiger charge is 2.26. The van der Waals surface area contributed by atoms with Crippen molar-refractivity contribution in [3.63, 3.8) is 0 Å². The van der Waals surface area contributed by atoms with Gasteiger partial charge in [0.05, 0.1) is 19.8 Å². The van der Waals surface area contributed by atoms with Crippen LogP contribution in [-0.4, -0.2) is 32.6 Å². The zero-order valence-corrected chi connectivity index (χ0v) is 17.9. The Balaban J connectivity index is 1.57. The van der Waals surface area contributed by atoms with Crippen molar-refractivity contribution in [2.24, 2.45) is 0 Å². The van der Waals surface area contributed by atoms with Crippen LogP contribution in [0, 0.1) is 0 Å². The molecule has 1 N–H and O–H groups in total. The van der Waals surface area contributed by atoms with Gasteiger partial charge >= 0.3 is 0 Å². The maximum Gasteiger partial charge on any atom is 0.259 e. The third kappa shape index (κ3) is 4.20. The lowest BCUT2D eigenvalue weighted by atomic mass is 10.1. The number of nitrogens with one attached hydrogen (secondary N) is 1. The van der Waals surface area contributed by atoms with Gasteiger partial charge in [0.1, 0.15) is 11.5 Å². The standard InChI is InChI=1S/C24H21ClN2O4/c1-30-19-8-4-16(5-9-19)24(29)27-12-11-15-3-7-18(14-21(15)27)26-23(28)20-13-17(25)6-10-22(20)31-2/h3-10,13-14H,11-12H2,1-2H3,(H,26,28). The molecule has 7 heteroatoms. The lowest BCUT2D eigenvalue weighted by Gasteiger charge is -2.18. The summed E-state index contributed by atoms with van der Waals surface area (Å²) < 4.78 is 10.4. The smallest absolute Gasteiger partial charge is 0.259 e. The van der Waals surface area contributed by atoms with Gasteiger partial charge in [-0.2, -0.15) is 0 Å². The number of halogens is 1. The molecule has 0 saturated heterocycles. The third-order valence-corrected chi connectivity index (χ3v) is 5.46. The number of benzene rings is 3. The summed E-state index contributed by atoms with van der Waals surface area (Å²) in [6.07, 6.45) is 0.758. The number of hydrogen-bond donors (Lipinski definition) is 1. The van der Waals surface area contributed by atoms with Gasteiger partial charge in [-0.05, 0) is 66.6 Å². The monoisotopic (exact) mass is 436 g/mol. The van der Waals surface area contributed by atoms with Crippen LogP contribution >= 0.6 is 11.6 Å². The molecule has 3 aromatic carbocycles. The van der Waals surface area contributed by atoms with Crippen LogP contribution in [0.15, 0.2) is 60.7 Å². The second kappa shape index (κ2) is 8.70. The Labute approximate surface area is 185 Å². The van der Waals surface area contributed by atoms with E-state index in [1.807, 2.05) is 18.2 Å². The van der Waals surface area contributed by atoms with Crippen molar-refractivity contribution in [1.29, 1.82) is 0 Å². The second-order valence-corrected chi connectivity index (χ2v) is 7.51. The Morgan fingerprint density at radius 1 is 0.968 bits per heavy atom. The lowest BCUT2D eigenvalue weighted by Crippen LogP contribution is -2.28. The highest BCUT2D eigenvalue weighted by molar-refractivity contribution is 6.31. The molecular formula is C24H21ClN2O4. The number of fused-ring (bicyclic) bond motifs is 1. The third-order valence-electron chi connectivity index (χ3n) is 5.23. The van der Waals surface area contributed by atoms with E-state index >= 15 is 0 Å². The normalized spacial score (nSPS) is 12.3. The van der Waals surface area contributed by atoms with Gasteiger partial charge in [0, 0.05) is 28.5 Å². The van der Waals surface area contributed by atoms with Crippen LogP contribution in [0.1, 0.15) is 26.3 Å². The molecule has 0 spiro atoms. The topological polar surface area (TPSA) is 67.9 Å². The lowest BCUT2D eigenvalue weighted by molar-refractivity contribution is 0.0987. The van der Waals surface area contributed by atoms with Crippen molar-refractivity contribution in [3.05, 3.63) is 82.4 Å². The Bertz CT molecular complexity index is 1140. The van der Waals surface area contributed by atoms with E-state index in [4.69, 9.17) is 21.1 Å². The largest absolute Gasteiger partial charge is 0.497 e. The summed E-state index contributed by atoms with van der Waals surface area (Å²) in [7, 11) is 3.08. The van der Waals surface area contributed by atoms with Gasteiger partial charge in [-0.25, -0.2) is 0 Å². The van der Waals surface area contributed by atoms with E-state index in [9.17, 15) is 9.59 Å². The van der Waals surface area contributed by atoms with Crippen LogP contribution in [0.25, 0.3) is 0 Å². The van der Waals surface area contributed by atoms with Crippen LogP contribution in [-0.2, 0) is 6.42 Å². The molecule has 0 aromatic heterocycles. The average molecular weight is 437 g/mol. The van der Waals surface area contributed by atoms with Crippen molar-refractivity contribution in [1.82, 2.24) is 0 Å². The molecule has 0 atom stereocenters. The number of methoxy groups -OCH3 is 2. The van der Waals surface area contributed by atoms with Gasteiger partial charge in [0.25, 0.3) is 11.8 Å². The molecule has 6 nitrogen and oxygen atoms in total. The molecule has 1 aliphatic rings. The molecule has 0 bridgehead atoms. The van der Waals surface area contributed by atoms with Gasteiger partial charge in [-0.3, -0.25) is 9.59 Å². The molecule has 4 rings (SSSR count). The fourth-order valence-electron chi connectivity index (χ4n) is 3.61. The minimum absolute atomic E-state index is 0.0959. The summed E-state index contributed by atoms with van der Waals surface area (Å²) in [5, 5.41) is 3.31. The molecule has 1 aliphatic heterocycles. The highest BCUT2D eigenvalue weighted by Crippen LogP contribution is 2.33. The van der Waals surface area contributed by atoms with Crippen molar-refractivity contribution in [3.8, 4) is 11.5 Å². The molecule has 0 fully saturated rings. The second-order valence-electron chi connectivity index (χ2n) is 7.08. The van der Waals surface area contributed by atoms with Crippen molar-refractivity contribution >= 4 is 34.8 Å². The number of amides is 2. The quantitative estimate of drug-likeness (QED) is 0.623. The van der Waals surface area contributed by atoms with Crippen LogP contribution in [0.2, 0.25) is 5.02 Å². The molecule has 0 saturated carbocycles. The van der Waals surface area contributed by atoms with Gasteiger partial charge in [-0.1, -0.05) is 17.7 Å². The number of nitrogens with zero attached hydrogens (tertiary/aromatic N) is 1.